The quantitative estimate of drug-likeness (QED) is 0.747. The van der Waals surface area contributed by atoms with Gasteiger partial charge in [0.25, 0.3) is 5.91 Å². The van der Waals surface area contributed by atoms with Gasteiger partial charge in [0.15, 0.2) is 5.54 Å². The summed E-state index contributed by atoms with van der Waals surface area (Å²) < 4.78 is 0. The number of nitrogens with zero attached hydrogens (tertiary/aromatic N) is 2. The van der Waals surface area contributed by atoms with E-state index in [2.05, 4.69) is 18.0 Å². The molecule has 1 aromatic heterocycles. The summed E-state index contributed by atoms with van der Waals surface area (Å²) in [5.74, 6) is -0.107. The average Bonchev–Trinajstić information content (AvgIpc) is 3.19. The molecule has 0 fully saturated rings. The Bertz CT molecular complexity index is 1120. The molecular weight excluding hydrogens is 350 g/mol. The fourth-order valence-corrected chi connectivity index (χ4v) is 5.07. The molecule has 5 rings (SSSR count). The highest BCUT2D eigenvalue weighted by atomic mass is 16.2. The molecule has 0 aliphatic carbocycles. The van der Waals surface area contributed by atoms with Crippen LogP contribution in [0.15, 0.2) is 48.5 Å². The summed E-state index contributed by atoms with van der Waals surface area (Å²) in [7, 11) is 0. The van der Waals surface area contributed by atoms with Gasteiger partial charge in [-0.2, -0.15) is 0 Å². The van der Waals surface area contributed by atoms with Gasteiger partial charge in [-0.1, -0.05) is 43.3 Å². The standard InChI is InChI=1S/C23H23N3O2/c1-3-13-25-20-11-7-5-9-18(20)23(22(25)28)21-17(12-14-26(23)15(2)27)16-8-4-6-10-19(16)24-21/h4-11,24H,3,12-14H2,1-2H3. The Morgan fingerprint density at radius 2 is 1.89 bits per heavy atom. The van der Waals surface area contributed by atoms with E-state index in [1.54, 1.807) is 11.8 Å². The zero-order valence-corrected chi connectivity index (χ0v) is 16.2. The van der Waals surface area contributed by atoms with Crippen LogP contribution in [0.2, 0.25) is 0 Å². The number of benzene rings is 2. The van der Waals surface area contributed by atoms with E-state index in [4.69, 9.17) is 0 Å². The van der Waals surface area contributed by atoms with Crippen LogP contribution in [0.5, 0.6) is 0 Å². The summed E-state index contributed by atoms with van der Waals surface area (Å²) in [6, 6.07) is 16.1. The third kappa shape index (κ3) is 1.96. The highest BCUT2D eigenvalue weighted by molar-refractivity contribution is 6.12. The van der Waals surface area contributed by atoms with Crippen molar-refractivity contribution in [2.24, 2.45) is 0 Å². The molecule has 1 spiro atoms. The number of nitrogens with one attached hydrogen (secondary N) is 1. The van der Waals surface area contributed by atoms with Gasteiger partial charge in [-0.05, 0) is 30.5 Å². The van der Waals surface area contributed by atoms with Crippen LogP contribution >= 0.6 is 0 Å². The number of fused-ring (bicyclic) bond motifs is 6. The Hall–Kier alpha value is -3.08. The molecule has 0 saturated carbocycles. The molecule has 5 heteroatoms. The van der Waals surface area contributed by atoms with Gasteiger partial charge < -0.3 is 14.8 Å². The molecule has 142 valence electrons. The van der Waals surface area contributed by atoms with Gasteiger partial charge in [0.2, 0.25) is 5.91 Å². The number of para-hydroxylation sites is 2. The number of aromatic amines is 1. The van der Waals surface area contributed by atoms with Crippen LogP contribution in [0, 0.1) is 0 Å². The largest absolute Gasteiger partial charge is 0.355 e. The van der Waals surface area contributed by atoms with Crippen molar-refractivity contribution in [2.75, 3.05) is 18.0 Å². The SMILES string of the molecule is CCCN1C(=O)C2(c3ccccc31)c1[nH]c3ccccc3c1CCN2C(C)=O. The molecule has 3 aromatic rings. The first-order valence-electron chi connectivity index (χ1n) is 9.90. The Labute approximate surface area is 163 Å². The summed E-state index contributed by atoms with van der Waals surface area (Å²) in [4.78, 5) is 33.9. The molecule has 1 unspecified atom stereocenters. The van der Waals surface area contributed by atoms with E-state index in [0.29, 0.717) is 13.1 Å². The summed E-state index contributed by atoms with van der Waals surface area (Å²) in [5.41, 5.74) is 3.71. The Kier molecular flexibility index (Phi) is 3.63. The molecule has 2 aliphatic rings. The smallest absolute Gasteiger partial charge is 0.263 e. The lowest BCUT2D eigenvalue weighted by atomic mass is 9.80. The first-order chi connectivity index (χ1) is 13.6. The van der Waals surface area contributed by atoms with Crippen LogP contribution in [0.4, 0.5) is 5.69 Å². The lowest BCUT2D eigenvalue weighted by Crippen LogP contribution is -2.58. The second-order valence-corrected chi connectivity index (χ2v) is 7.63. The van der Waals surface area contributed by atoms with Gasteiger partial charge in [0.05, 0.1) is 11.4 Å². The van der Waals surface area contributed by atoms with Crippen LogP contribution in [0.3, 0.4) is 0 Å². The van der Waals surface area contributed by atoms with Crippen molar-refractivity contribution in [2.45, 2.75) is 32.2 Å². The fourth-order valence-electron chi connectivity index (χ4n) is 5.07. The van der Waals surface area contributed by atoms with Gasteiger partial charge in [0, 0.05) is 36.5 Å². The number of amides is 2. The molecule has 0 saturated heterocycles. The number of H-pyrrole nitrogens is 1. The second-order valence-electron chi connectivity index (χ2n) is 7.63. The van der Waals surface area contributed by atoms with Crippen molar-refractivity contribution >= 4 is 28.4 Å². The monoisotopic (exact) mass is 373 g/mol. The predicted octanol–water partition coefficient (Wildman–Crippen LogP) is 3.57. The van der Waals surface area contributed by atoms with Crippen molar-refractivity contribution in [3.05, 3.63) is 65.4 Å². The lowest BCUT2D eigenvalue weighted by molar-refractivity contribution is -0.143. The minimum absolute atomic E-state index is 0.0294. The maximum absolute atomic E-state index is 14.0. The topological polar surface area (TPSA) is 56.4 Å². The fraction of sp³-hybridized carbons (Fsp3) is 0.304. The van der Waals surface area contributed by atoms with Gasteiger partial charge >= 0.3 is 0 Å². The molecule has 2 aromatic carbocycles. The Morgan fingerprint density at radius 3 is 2.68 bits per heavy atom. The van der Waals surface area contributed by atoms with Crippen molar-refractivity contribution in [1.29, 1.82) is 0 Å². The number of carbonyl (C=O) groups excluding carboxylic acids is 2. The zero-order chi connectivity index (χ0) is 19.5. The highest BCUT2D eigenvalue weighted by Crippen LogP contribution is 2.51. The molecular formula is C23H23N3O2. The Morgan fingerprint density at radius 1 is 1.14 bits per heavy atom. The summed E-state index contributed by atoms with van der Waals surface area (Å²) in [6.07, 6.45) is 1.60. The molecule has 1 atom stereocenters. The first kappa shape index (κ1) is 17.0. The second kappa shape index (κ2) is 5.96. The first-order valence-corrected chi connectivity index (χ1v) is 9.90. The van der Waals surface area contributed by atoms with E-state index >= 15 is 0 Å². The van der Waals surface area contributed by atoms with Crippen LogP contribution in [-0.2, 0) is 21.5 Å². The maximum Gasteiger partial charge on any atom is 0.263 e. The van der Waals surface area contributed by atoms with Crippen molar-refractivity contribution < 1.29 is 9.59 Å². The van der Waals surface area contributed by atoms with E-state index in [1.807, 2.05) is 47.4 Å². The number of hydrogen-bond donors (Lipinski definition) is 1. The molecule has 0 radical (unpaired) electrons. The predicted molar refractivity (Wildman–Crippen MR) is 109 cm³/mol. The van der Waals surface area contributed by atoms with Gasteiger partial charge in [-0.15, -0.1) is 0 Å². The van der Waals surface area contributed by atoms with E-state index in [9.17, 15) is 9.59 Å². The molecule has 0 bridgehead atoms. The number of anilines is 1. The number of rotatable bonds is 2. The van der Waals surface area contributed by atoms with E-state index in [1.165, 1.54) is 0 Å². The van der Waals surface area contributed by atoms with Crippen molar-refractivity contribution in [3.63, 3.8) is 0 Å². The lowest BCUT2D eigenvalue weighted by Gasteiger charge is -2.43. The van der Waals surface area contributed by atoms with Crippen molar-refractivity contribution in [3.8, 4) is 0 Å². The molecule has 2 amide bonds. The van der Waals surface area contributed by atoms with Gasteiger partial charge in [-0.3, -0.25) is 9.59 Å². The number of aromatic nitrogens is 1. The molecule has 3 heterocycles. The average molecular weight is 373 g/mol. The normalized spacial score (nSPS) is 20.7. The molecule has 28 heavy (non-hydrogen) atoms. The zero-order valence-electron chi connectivity index (χ0n) is 16.2. The summed E-state index contributed by atoms with van der Waals surface area (Å²) in [5, 5.41) is 1.14. The Balaban J connectivity index is 1.88. The number of carbonyl (C=O) groups is 2. The minimum Gasteiger partial charge on any atom is -0.355 e. The van der Waals surface area contributed by atoms with Crippen LogP contribution in [0.1, 0.15) is 37.1 Å². The van der Waals surface area contributed by atoms with Crippen LogP contribution < -0.4 is 4.90 Å². The molecule has 5 nitrogen and oxygen atoms in total. The van der Waals surface area contributed by atoms with E-state index in [0.717, 1.165) is 46.3 Å². The third-order valence-corrected chi connectivity index (χ3v) is 6.13. The van der Waals surface area contributed by atoms with Gasteiger partial charge in [-0.25, -0.2) is 0 Å². The summed E-state index contributed by atoms with van der Waals surface area (Å²) >= 11 is 0. The molecule has 2 aliphatic heterocycles. The summed E-state index contributed by atoms with van der Waals surface area (Å²) in [6.45, 7) is 4.80. The van der Waals surface area contributed by atoms with Crippen LogP contribution in [0.25, 0.3) is 10.9 Å². The number of hydrogen-bond acceptors (Lipinski definition) is 2. The van der Waals surface area contributed by atoms with Crippen LogP contribution in [-0.4, -0.2) is 34.8 Å². The minimum atomic E-state index is -1.11. The highest BCUT2D eigenvalue weighted by Gasteiger charge is 2.59. The van der Waals surface area contributed by atoms with E-state index in [-0.39, 0.29) is 11.8 Å². The van der Waals surface area contributed by atoms with Crippen molar-refractivity contribution in [1.82, 2.24) is 9.88 Å². The molecule has 1 N–H and O–H groups in total. The third-order valence-electron chi connectivity index (χ3n) is 6.13. The van der Waals surface area contributed by atoms with E-state index < -0.39 is 5.54 Å². The maximum atomic E-state index is 14.0. The van der Waals surface area contributed by atoms with Gasteiger partial charge in [0.1, 0.15) is 0 Å².